The molecule has 0 unspecified atom stereocenters. The Bertz CT molecular complexity index is 1300. The maximum Gasteiger partial charge on any atom is 0.234 e. The number of carbonyl (C=O) groups excluding carboxylic acids is 1. The highest BCUT2D eigenvalue weighted by Gasteiger charge is 2.20. The summed E-state index contributed by atoms with van der Waals surface area (Å²) in [5, 5.41) is 5.86. The van der Waals surface area contributed by atoms with Crippen LogP contribution in [0.3, 0.4) is 0 Å². The number of nitrogens with zero attached hydrogens (tertiary/aromatic N) is 4. The van der Waals surface area contributed by atoms with Crippen molar-refractivity contribution in [2.75, 3.05) is 47.0 Å². The van der Waals surface area contributed by atoms with Crippen molar-refractivity contribution >= 4 is 45.6 Å². The van der Waals surface area contributed by atoms with Crippen molar-refractivity contribution in [3.05, 3.63) is 84.9 Å². The maximum atomic E-state index is 14.1. The minimum absolute atomic E-state index is 0.0833. The molecule has 1 aliphatic heterocycles. The second-order valence-corrected chi connectivity index (χ2v) is 9.00. The summed E-state index contributed by atoms with van der Waals surface area (Å²) in [7, 11) is 0. The summed E-state index contributed by atoms with van der Waals surface area (Å²) in [5.74, 6) is 0.791. The molecule has 6 nitrogen and oxygen atoms in total. The van der Waals surface area contributed by atoms with E-state index in [2.05, 4.69) is 25.1 Å². The standard InChI is InChI=1S/C26H24FN5OS/c27-21-9-3-4-11-23(21)31-12-14-32(15-13-31)24-16-26(29-18-28-24)34-17-25(33)30-22-10-5-7-19-6-1-2-8-20(19)22/h1-11,16,18H,12-15,17H2,(H,30,33). The van der Waals surface area contributed by atoms with Gasteiger partial charge in [-0.05, 0) is 23.6 Å². The summed E-state index contributed by atoms with van der Waals surface area (Å²) in [6.45, 7) is 2.88. The number of aromatic nitrogens is 2. The molecule has 1 aromatic heterocycles. The van der Waals surface area contributed by atoms with Crippen LogP contribution < -0.4 is 15.1 Å². The summed E-state index contributed by atoms with van der Waals surface area (Å²) >= 11 is 1.38. The highest BCUT2D eigenvalue weighted by Crippen LogP contribution is 2.26. The van der Waals surface area contributed by atoms with Gasteiger partial charge in [0.1, 0.15) is 23.0 Å². The number of benzene rings is 3. The fourth-order valence-corrected chi connectivity index (χ4v) is 4.79. The number of amides is 1. The normalized spacial score (nSPS) is 13.8. The van der Waals surface area contributed by atoms with Gasteiger partial charge in [0, 0.05) is 43.3 Å². The summed E-state index contributed by atoms with van der Waals surface area (Å²) in [6.07, 6.45) is 1.53. The van der Waals surface area contributed by atoms with Gasteiger partial charge in [0.05, 0.1) is 11.4 Å². The van der Waals surface area contributed by atoms with Crippen molar-refractivity contribution in [1.82, 2.24) is 9.97 Å². The molecule has 0 atom stereocenters. The molecular weight excluding hydrogens is 449 g/mol. The second-order valence-electron chi connectivity index (χ2n) is 8.00. The van der Waals surface area contributed by atoms with E-state index in [0.29, 0.717) is 18.8 Å². The van der Waals surface area contributed by atoms with Crippen LogP contribution in [0, 0.1) is 5.82 Å². The first-order valence-electron chi connectivity index (χ1n) is 11.1. The molecule has 172 valence electrons. The molecule has 2 heterocycles. The molecule has 0 spiro atoms. The van der Waals surface area contributed by atoms with Gasteiger partial charge in [0.2, 0.25) is 5.91 Å². The number of thioether (sulfide) groups is 1. The SMILES string of the molecule is O=C(CSc1cc(N2CCN(c3ccccc3F)CC2)ncn1)Nc1cccc2ccccc12. The van der Waals surface area contributed by atoms with Gasteiger partial charge < -0.3 is 15.1 Å². The number of hydrogen-bond donors (Lipinski definition) is 1. The molecule has 4 aromatic rings. The lowest BCUT2D eigenvalue weighted by Gasteiger charge is -2.36. The number of halogens is 1. The van der Waals surface area contributed by atoms with Gasteiger partial charge in [-0.1, -0.05) is 60.3 Å². The number of nitrogens with one attached hydrogen (secondary N) is 1. The Hall–Kier alpha value is -3.65. The Morgan fingerprint density at radius 1 is 0.912 bits per heavy atom. The zero-order valence-corrected chi connectivity index (χ0v) is 19.3. The number of anilines is 3. The number of piperazine rings is 1. The molecule has 0 bridgehead atoms. The van der Waals surface area contributed by atoms with Crippen molar-refractivity contribution in [2.24, 2.45) is 0 Å². The van der Waals surface area contributed by atoms with Crippen LogP contribution in [-0.4, -0.2) is 47.8 Å². The summed E-state index contributed by atoms with van der Waals surface area (Å²) in [5.41, 5.74) is 1.44. The third-order valence-corrected chi connectivity index (χ3v) is 6.76. The zero-order chi connectivity index (χ0) is 23.3. The fourth-order valence-electron chi connectivity index (χ4n) is 4.13. The Labute approximate surface area is 201 Å². The second kappa shape index (κ2) is 10.1. The number of fused-ring (bicyclic) bond motifs is 1. The van der Waals surface area contributed by atoms with Gasteiger partial charge in [-0.15, -0.1) is 0 Å². The number of hydrogen-bond acceptors (Lipinski definition) is 6. The smallest absolute Gasteiger partial charge is 0.234 e. The first kappa shape index (κ1) is 22.2. The van der Waals surface area contributed by atoms with Gasteiger partial charge in [-0.3, -0.25) is 4.79 Å². The molecule has 1 saturated heterocycles. The van der Waals surface area contributed by atoms with Crippen molar-refractivity contribution in [1.29, 1.82) is 0 Å². The van der Waals surface area contributed by atoms with Crippen LogP contribution in [0.2, 0.25) is 0 Å². The van der Waals surface area contributed by atoms with Crippen LogP contribution >= 0.6 is 11.8 Å². The van der Waals surface area contributed by atoms with Gasteiger partial charge in [-0.2, -0.15) is 0 Å². The van der Waals surface area contributed by atoms with E-state index in [9.17, 15) is 9.18 Å². The van der Waals surface area contributed by atoms with Crippen molar-refractivity contribution in [3.8, 4) is 0 Å². The summed E-state index contributed by atoms with van der Waals surface area (Å²) in [4.78, 5) is 25.6. The maximum absolute atomic E-state index is 14.1. The number of rotatable bonds is 6. The topological polar surface area (TPSA) is 61.4 Å². The average Bonchev–Trinajstić information content (AvgIpc) is 2.88. The first-order chi connectivity index (χ1) is 16.7. The number of carbonyl (C=O) groups is 1. The molecule has 34 heavy (non-hydrogen) atoms. The van der Waals surface area contributed by atoms with Crippen LogP contribution in [0.15, 0.2) is 84.1 Å². The van der Waals surface area contributed by atoms with Gasteiger partial charge in [0.15, 0.2) is 0 Å². The number of para-hydroxylation sites is 1. The van der Waals surface area contributed by atoms with Crippen LogP contribution in [0.4, 0.5) is 21.6 Å². The molecule has 0 aliphatic carbocycles. The molecule has 1 N–H and O–H groups in total. The van der Waals surface area contributed by atoms with Crippen LogP contribution in [-0.2, 0) is 4.79 Å². The average molecular weight is 474 g/mol. The lowest BCUT2D eigenvalue weighted by molar-refractivity contribution is -0.113. The Morgan fingerprint density at radius 3 is 2.50 bits per heavy atom. The van der Waals surface area contributed by atoms with E-state index in [-0.39, 0.29) is 17.5 Å². The Morgan fingerprint density at radius 2 is 1.65 bits per heavy atom. The predicted octanol–water partition coefficient (Wildman–Crippen LogP) is 4.83. The molecule has 3 aromatic carbocycles. The van der Waals surface area contributed by atoms with Crippen LogP contribution in [0.1, 0.15) is 0 Å². The lowest BCUT2D eigenvalue weighted by atomic mass is 10.1. The monoisotopic (exact) mass is 473 g/mol. The van der Waals surface area contributed by atoms with Gasteiger partial charge >= 0.3 is 0 Å². The fraction of sp³-hybridized carbons (Fsp3) is 0.192. The van der Waals surface area contributed by atoms with Crippen LogP contribution in [0.25, 0.3) is 10.8 Å². The summed E-state index contributed by atoms with van der Waals surface area (Å²) in [6, 6.07) is 22.6. The third kappa shape index (κ3) is 4.97. The summed E-state index contributed by atoms with van der Waals surface area (Å²) < 4.78 is 14.1. The van der Waals surface area contributed by atoms with Crippen LogP contribution in [0.5, 0.6) is 0 Å². The minimum Gasteiger partial charge on any atom is -0.366 e. The van der Waals surface area contributed by atoms with E-state index in [1.807, 2.05) is 60.7 Å². The molecule has 8 heteroatoms. The van der Waals surface area contributed by atoms with Crippen molar-refractivity contribution < 1.29 is 9.18 Å². The highest BCUT2D eigenvalue weighted by molar-refractivity contribution is 7.99. The lowest BCUT2D eigenvalue weighted by Crippen LogP contribution is -2.47. The molecule has 1 fully saturated rings. The largest absolute Gasteiger partial charge is 0.366 e. The Kier molecular flexibility index (Phi) is 6.58. The molecule has 5 rings (SSSR count). The Balaban J connectivity index is 1.18. The zero-order valence-electron chi connectivity index (χ0n) is 18.5. The highest BCUT2D eigenvalue weighted by atomic mass is 32.2. The third-order valence-electron chi connectivity index (χ3n) is 5.84. The quantitative estimate of drug-likeness (QED) is 0.320. The van der Waals surface area contributed by atoms with E-state index >= 15 is 0 Å². The van der Waals surface area contributed by atoms with Crippen molar-refractivity contribution in [2.45, 2.75) is 5.03 Å². The molecular formula is C26H24FN5OS. The molecule has 0 radical (unpaired) electrons. The van der Waals surface area contributed by atoms with E-state index in [1.54, 1.807) is 6.07 Å². The first-order valence-corrected chi connectivity index (χ1v) is 12.1. The van der Waals surface area contributed by atoms with E-state index in [1.165, 1.54) is 24.2 Å². The van der Waals surface area contributed by atoms with Gasteiger partial charge in [-0.25, -0.2) is 14.4 Å². The van der Waals surface area contributed by atoms with E-state index in [4.69, 9.17) is 0 Å². The molecule has 1 aliphatic rings. The minimum atomic E-state index is -0.196. The molecule has 0 saturated carbocycles. The van der Waals surface area contributed by atoms with Crippen molar-refractivity contribution in [3.63, 3.8) is 0 Å². The van der Waals surface area contributed by atoms with E-state index in [0.717, 1.165) is 40.4 Å². The predicted molar refractivity (Wildman–Crippen MR) is 136 cm³/mol. The van der Waals surface area contributed by atoms with Gasteiger partial charge in [0.25, 0.3) is 0 Å². The van der Waals surface area contributed by atoms with E-state index < -0.39 is 0 Å². The molecule has 1 amide bonds.